The van der Waals surface area contributed by atoms with Crippen LogP contribution in [0.3, 0.4) is 0 Å². The molecule has 0 aliphatic carbocycles. The van der Waals surface area contributed by atoms with Gasteiger partial charge in [0.1, 0.15) is 0 Å². The van der Waals surface area contributed by atoms with Crippen LogP contribution in [0.5, 0.6) is 0 Å². The summed E-state index contributed by atoms with van der Waals surface area (Å²) in [5.41, 5.74) is 2.32. The number of halogens is 1. The molecule has 0 N–H and O–H groups in total. The van der Waals surface area contributed by atoms with Crippen molar-refractivity contribution >= 4 is 38.0 Å². The second kappa shape index (κ2) is 5.16. The summed E-state index contributed by atoms with van der Waals surface area (Å²) in [7, 11) is 0. The first kappa shape index (κ1) is 12.4. The summed E-state index contributed by atoms with van der Waals surface area (Å²) in [6, 6.07) is 18.9. The quantitative estimate of drug-likeness (QED) is 0.618. The topological polar surface area (TPSA) is 23.8 Å². The molecule has 0 saturated heterocycles. The van der Waals surface area contributed by atoms with Gasteiger partial charge in [0.25, 0.3) is 0 Å². The van der Waals surface area contributed by atoms with Crippen LogP contribution < -0.4 is 0 Å². The number of hydrogen-bond donors (Lipinski definition) is 0. The molecular formula is C16H10BrNS. The monoisotopic (exact) mass is 327 g/mol. The van der Waals surface area contributed by atoms with Crippen molar-refractivity contribution < 1.29 is 0 Å². The number of rotatable bonds is 2. The number of nitriles is 1. The summed E-state index contributed by atoms with van der Waals surface area (Å²) >= 11 is 5.23. The van der Waals surface area contributed by atoms with Crippen molar-refractivity contribution in [1.82, 2.24) is 0 Å². The molecule has 3 heteroatoms. The fraction of sp³-hybridized carbons (Fsp3) is 0.0625. The van der Waals surface area contributed by atoms with Crippen molar-refractivity contribution in [2.75, 3.05) is 0 Å². The highest BCUT2D eigenvalue weighted by Crippen LogP contribution is 2.36. The standard InChI is InChI=1S/C16H10BrNS/c17-16-8-7-15(19-16)14-6-2-4-12-11(9-10-18)3-1-5-13(12)14/h1-8H,9H2. The zero-order valence-corrected chi connectivity index (χ0v) is 12.5. The molecule has 92 valence electrons. The molecule has 0 atom stereocenters. The Hall–Kier alpha value is -1.63. The van der Waals surface area contributed by atoms with Gasteiger partial charge in [0.15, 0.2) is 0 Å². The first-order valence-corrected chi connectivity index (χ1v) is 7.54. The highest BCUT2D eigenvalue weighted by atomic mass is 79.9. The zero-order valence-electron chi connectivity index (χ0n) is 10.1. The van der Waals surface area contributed by atoms with Crippen LogP contribution in [-0.4, -0.2) is 0 Å². The molecule has 0 fully saturated rings. The van der Waals surface area contributed by atoms with E-state index in [2.05, 4.69) is 58.4 Å². The van der Waals surface area contributed by atoms with Gasteiger partial charge in [-0.15, -0.1) is 11.3 Å². The number of thiophene rings is 1. The van der Waals surface area contributed by atoms with Crippen LogP contribution >= 0.6 is 27.3 Å². The molecule has 0 unspecified atom stereocenters. The van der Waals surface area contributed by atoms with Crippen LogP contribution in [0.25, 0.3) is 21.2 Å². The first-order valence-electron chi connectivity index (χ1n) is 5.93. The number of nitrogens with zero attached hydrogens (tertiary/aromatic N) is 1. The van der Waals surface area contributed by atoms with Crippen molar-refractivity contribution in [3.8, 4) is 16.5 Å². The number of fused-ring (bicyclic) bond motifs is 1. The second-order valence-electron chi connectivity index (χ2n) is 4.26. The minimum atomic E-state index is 0.453. The van der Waals surface area contributed by atoms with Gasteiger partial charge in [-0.25, -0.2) is 0 Å². The van der Waals surface area contributed by atoms with Gasteiger partial charge in [-0.1, -0.05) is 36.4 Å². The Morgan fingerprint density at radius 2 is 1.79 bits per heavy atom. The lowest BCUT2D eigenvalue weighted by Gasteiger charge is -2.07. The number of benzene rings is 2. The molecular weight excluding hydrogens is 318 g/mol. The fourth-order valence-electron chi connectivity index (χ4n) is 2.29. The van der Waals surface area contributed by atoms with Gasteiger partial charge in [-0.2, -0.15) is 5.26 Å². The summed E-state index contributed by atoms with van der Waals surface area (Å²) in [4.78, 5) is 1.24. The van der Waals surface area contributed by atoms with Crippen LogP contribution in [0.1, 0.15) is 5.56 Å². The third-order valence-electron chi connectivity index (χ3n) is 3.12. The predicted octanol–water partition coefficient (Wildman–Crippen LogP) is 5.40. The van der Waals surface area contributed by atoms with Crippen LogP contribution in [-0.2, 0) is 6.42 Å². The van der Waals surface area contributed by atoms with Crippen molar-refractivity contribution in [3.63, 3.8) is 0 Å². The van der Waals surface area contributed by atoms with E-state index in [-0.39, 0.29) is 0 Å². The van der Waals surface area contributed by atoms with Gasteiger partial charge in [0, 0.05) is 4.88 Å². The van der Waals surface area contributed by atoms with Crippen LogP contribution in [0, 0.1) is 11.3 Å². The minimum absolute atomic E-state index is 0.453. The highest BCUT2D eigenvalue weighted by Gasteiger charge is 2.08. The van der Waals surface area contributed by atoms with E-state index in [9.17, 15) is 0 Å². The molecule has 0 aliphatic rings. The molecule has 3 aromatic rings. The van der Waals surface area contributed by atoms with E-state index in [1.807, 2.05) is 12.1 Å². The van der Waals surface area contributed by atoms with Crippen molar-refractivity contribution in [2.45, 2.75) is 6.42 Å². The third-order valence-corrected chi connectivity index (χ3v) is 4.78. The maximum absolute atomic E-state index is 8.91. The second-order valence-corrected chi connectivity index (χ2v) is 6.72. The Balaban J connectivity index is 2.27. The molecule has 0 amide bonds. The lowest BCUT2D eigenvalue weighted by atomic mass is 9.98. The molecule has 2 aromatic carbocycles. The predicted molar refractivity (Wildman–Crippen MR) is 84.3 cm³/mol. The van der Waals surface area contributed by atoms with E-state index in [0.717, 1.165) is 9.35 Å². The molecule has 0 aliphatic heterocycles. The summed E-state index contributed by atoms with van der Waals surface area (Å²) in [6.07, 6.45) is 0.453. The van der Waals surface area contributed by atoms with Gasteiger partial charge in [-0.3, -0.25) is 0 Å². The van der Waals surface area contributed by atoms with Gasteiger partial charge < -0.3 is 0 Å². The maximum Gasteiger partial charge on any atom is 0.0705 e. The minimum Gasteiger partial charge on any atom is -0.198 e. The van der Waals surface area contributed by atoms with Crippen LogP contribution in [0.4, 0.5) is 0 Å². The van der Waals surface area contributed by atoms with Crippen LogP contribution in [0.2, 0.25) is 0 Å². The molecule has 0 spiro atoms. The van der Waals surface area contributed by atoms with Crippen molar-refractivity contribution in [1.29, 1.82) is 5.26 Å². The van der Waals surface area contributed by atoms with Crippen molar-refractivity contribution in [3.05, 3.63) is 57.9 Å². The van der Waals surface area contributed by atoms with E-state index >= 15 is 0 Å². The third kappa shape index (κ3) is 2.30. The molecule has 0 saturated carbocycles. The summed E-state index contributed by atoms with van der Waals surface area (Å²) in [5, 5.41) is 11.3. The fourth-order valence-corrected chi connectivity index (χ4v) is 3.71. The van der Waals surface area contributed by atoms with E-state index < -0.39 is 0 Å². The van der Waals surface area contributed by atoms with E-state index in [0.29, 0.717) is 6.42 Å². The largest absolute Gasteiger partial charge is 0.198 e. The Labute approximate surface area is 124 Å². The smallest absolute Gasteiger partial charge is 0.0705 e. The van der Waals surface area contributed by atoms with Crippen LogP contribution in [0.15, 0.2) is 52.3 Å². The summed E-state index contributed by atoms with van der Waals surface area (Å²) in [6.45, 7) is 0. The van der Waals surface area contributed by atoms with Gasteiger partial charge in [-0.05, 0) is 50.0 Å². The SMILES string of the molecule is N#CCc1cccc2c(-c3ccc(Br)s3)cccc12. The molecule has 1 nitrogen and oxygen atoms in total. The molecule has 1 heterocycles. The molecule has 0 bridgehead atoms. The van der Waals surface area contributed by atoms with E-state index in [1.54, 1.807) is 11.3 Å². The maximum atomic E-state index is 8.91. The molecule has 19 heavy (non-hydrogen) atoms. The zero-order chi connectivity index (χ0) is 13.2. The lowest BCUT2D eigenvalue weighted by molar-refractivity contribution is 1.29. The Morgan fingerprint density at radius 1 is 1.00 bits per heavy atom. The van der Waals surface area contributed by atoms with E-state index in [1.165, 1.54) is 21.2 Å². The van der Waals surface area contributed by atoms with Gasteiger partial charge in [0.05, 0.1) is 16.3 Å². The highest BCUT2D eigenvalue weighted by molar-refractivity contribution is 9.11. The van der Waals surface area contributed by atoms with Gasteiger partial charge in [0.2, 0.25) is 0 Å². The van der Waals surface area contributed by atoms with E-state index in [4.69, 9.17) is 5.26 Å². The summed E-state index contributed by atoms with van der Waals surface area (Å²) < 4.78 is 1.13. The molecule has 0 radical (unpaired) electrons. The Kier molecular flexibility index (Phi) is 3.37. The average molecular weight is 328 g/mol. The normalized spacial score (nSPS) is 10.5. The molecule has 1 aromatic heterocycles. The Bertz CT molecular complexity index is 783. The summed E-state index contributed by atoms with van der Waals surface area (Å²) in [5.74, 6) is 0. The average Bonchev–Trinajstić information content (AvgIpc) is 2.85. The molecule has 3 rings (SSSR count). The Morgan fingerprint density at radius 3 is 2.53 bits per heavy atom. The van der Waals surface area contributed by atoms with Crippen molar-refractivity contribution in [2.24, 2.45) is 0 Å². The lowest BCUT2D eigenvalue weighted by Crippen LogP contribution is -1.86. The van der Waals surface area contributed by atoms with Gasteiger partial charge >= 0.3 is 0 Å². The first-order chi connectivity index (χ1) is 9.29. The number of hydrogen-bond acceptors (Lipinski definition) is 2.